The summed E-state index contributed by atoms with van der Waals surface area (Å²) in [7, 11) is 0. The first-order valence-electron chi connectivity index (χ1n) is 8.45. The van der Waals surface area contributed by atoms with Crippen molar-refractivity contribution in [2.24, 2.45) is 5.92 Å². The fourth-order valence-corrected chi connectivity index (χ4v) is 3.45. The summed E-state index contributed by atoms with van der Waals surface area (Å²) in [5, 5.41) is 12.1. The Balaban J connectivity index is 1.50. The Hall–Kier alpha value is -1.40. The Morgan fingerprint density at radius 1 is 1.33 bits per heavy atom. The molecule has 0 saturated heterocycles. The smallest absolute Gasteiger partial charge is 0.317 e. The molecule has 2 fully saturated rings. The van der Waals surface area contributed by atoms with E-state index in [1.165, 1.54) is 12.8 Å². The lowest BCUT2D eigenvalue weighted by atomic mass is 9.85. The third-order valence-corrected chi connectivity index (χ3v) is 5.80. The summed E-state index contributed by atoms with van der Waals surface area (Å²) in [5.74, 6) is -0.154. The van der Waals surface area contributed by atoms with E-state index in [-0.39, 0.29) is 24.5 Å². The van der Waals surface area contributed by atoms with Crippen molar-refractivity contribution in [3.05, 3.63) is 33.8 Å². The van der Waals surface area contributed by atoms with E-state index < -0.39 is 5.97 Å². The number of rotatable bonds is 7. The van der Waals surface area contributed by atoms with Gasteiger partial charge in [-0.1, -0.05) is 15.9 Å². The van der Waals surface area contributed by atoms with Gasteiger partial charge in [-0.25, -0.2) is 0 Å². The summed E-state index contributed by atoms with van der Waals surface area (Å²) in [4.78, 5) is 25.4. The number of hydrogen-bond acceptors (Lipinski definition) is 3. The number of carboxylic acids is 1. The van der Waals surface area contributed by atoms with E-state index in [0.717, 1.165) is 29.4 Å². The molecule has 0 heterocycles. The molecule has 1 aromatic rings. The van der Waals surface area contributed by atoms with Crippen LogP contribution in [0.15, 0.2) is 22.7 Å². The Labute approximate surface area is 150 Å². The maximum atomic E-state index is 12.3. The zero-order valence-electron chi connectivity index (χ0n) is 13.8. The quantitative estimate of drug-likeness (QED) is 0.745. The van der Waals surface area contributed by atoms with Crippen molar-refractivity contribution < 1.29 is 14.7 Å². The maximum Gasteiger partial charge on any atom is 0.317 e. The molecule has 0 atom stereocenters. The molecule has 2 N–H and O–H groups in total. The van der Waals surface area contributed by atoms with E-state index in [4.69, 9.17) is 5.11 Å². The van der Waals surface area contributed by atoms with Crippen LogP contribution >= 0.6 is 15.9 Å². The first-order chi connectivity index (χ1) is 11.4. The molecule has 0 radical (unpaired) electrons. The van der Waals surface area contributed by atoms with Gasteiger partial charge in [0.1, 0.15) is 0 Å². The lowest BCUT2D eigenvalue weighted by Gasteiger charge is -2.42. The zero-order chi connectivity index (χ0) is 17.3. The van der Waals surface area contributed by atoms with Gasteiger partial charge in [0.2, 0.25) is 0 Å². The number of hydrogen-bond donors (Lipinski definition) is 2. The van der Waals surface area contributed by atoms with E-state index in [0.29, 0.717) is 11.5 Å². The van der Waals surface area contributed by atoms with Gasteiger partial charge in [0.15, 0.2) is 0 Å². The Kier molecular flexibility index (Phi) is 5.25. The van der Waals surface area contributed by atoms with Crippen LogP contribution in [0.4, 0.5) is 0 Å². The predicted octanol–water partition coefficient (Wildman–Crippen LogP) is 2.81. The van der Waals surface area contributed by atoms with Crippen LogP contribution in [0.1, 0.15) is 41.6 Å². The van der Waals surface area contributed by atoms with Crippen LogP contribution in [0.3, 0.4) is 0 Å². The third-order valence-electron chi connectivity index (χ3n) is 4.91. The Bertz CT molecular complexity index is 639. The van der Waals surface area contributed by atoms with Gasteiger partial charge in [-0.05, 0) is 62.3 Å². The van der Waals surface area contributed by atoms with Crippen LogP contribution in [-0.4, -0.2) is 47.1 Å². The third kappa shape index (κ3) is 4.36. The van der Waals surface area contributed by atoms with Crippen LogP contribution in [0.2, 0.25) is 0 Å². The number of halogens is 1. The molecule has 24 heavy (non-hydrogen) atoms. The van der Waals surface area contributed by atoms with Crippen molar-refractivity contribution in [3.8, 4) is 0 Å². The van der Waals surface area contributed by atoms with E-state index >= 15 is 0 Å². The highest BCUT2D eigenvalue weighted by molar-refractivity contribution is 9.10. The van der Waals surface area contributed by atoms with Gasteiger partial charge in [-0.2, -0.15) is 0 Å². The topological polar surface area (TPSA) is 69.6 Å². The van der Waals surface area contributed by atoms with E-state index in [9.17, 15) is 9.59 Å². The number of carbonyl (C=O) groups excluding carboxylic acids is 1. The lowest BCUT2D eigenvalue weighted by molar-refractivity contribution is -0.139. The predicted molar refractivity (Wildman–Crippen MR) is 95.1 cm³/mol. The molecule has 0 bridgehead atoms. The first kappa shape index (κ1) is 17.4. The number of nitrogens with zero attached hydrogens (tertiary/aromatic N) is 1. The van der Waals surface area contributed by atoms with Crippen molar-refractivity contribution in [1.29, 1.82) is 0 Å². The summed E-state index contributed by atoms with van der Waals surface area (Å²) in [5.41, 5.74) is 1.70. The average molecular weight is 395 g/mol. The molecule has 0 spiro atoms. The average Bonchev–Trinajstić information content (AvgIpc) is 3.28. The maximum absolute atomic E-state index is 12.3. The van der Waals surface area contributed by atoms with Crippen molar-refractivity contribution in [1.82, 2.24) is 10.2 Å². The second-order valence-electron chi connectivity index (χ2n) is 7.03. The number of nitrogens with one attached hydrogen (secondary N) is 1. The van der Waals surface area contributed by atoms with E-state index in [1.54, 1.807) is 0 Å². The molecule has 6 heteroatoms. The van der Waals surface area contributed by atoms with Crippen LogP contribution in [0.25, 0.3) is 0 Å². The molecule has 2 aliphatic rings. The number of carbonyl (C=O) groups is 2. The molecule has 130 valence electrons. The highest BCUT2D eigenvalue weighted by atomic mass is 79.9. The minimum absolute atomic E-state index is 0.0546. The number of benzene rings is 1. The van der Waals surface area contributed by atoms with Gasteiger partial charge in [-0.3, -0.25) is 14.5 Å². The number of aliphatic carboxylic acids is 1. The molecule has 1 aromatic carbocycles. The summed E-state index contributed by atoms with van der Waals surface area (Å²) in [6.45, 7) is 2.94. The van der Waals surface area contributed by atoms with Crippen molar-refractivity contribution in [2.45, 2.75) is 44.7 Å². The summed E-state index contributed by atoms with van der Waals surface area (Å²) < 4.78 is 0.993. The van der Waals surface area contributed by atoms with Gasteiger partial charge in [-0.15, -0.1) is 0 Å². The highest BCUT2D eigenvalue weighted by Crippen LogP contribution is 2.33. The standard InChI is InChI=1S/C18H23BrN2O3/c1-11-6-13(4-5-16(11)19)18(24)20-14-7-15(8-14)21(10-17(22)23)9-12-2-3-12/h4-6,12,14-15H,2-3,7-10H2,1H3,(H,20,24)(H,22,23). The van der Waals surface area contributed by atoms with Gasteiger partial charge in [0.25, 0.3) is 5.91 Å². The molecule has 0 aromatic heterocycles. The van der Waals surface area contributed by atoms with Crippen LogP contribution in [0.5, 0.6) is 0 Å². The Morgan fingerprint density at radius 2 is 2.04 bits per heavy atom. The second-order valence-corrected chi connectivity index (χ2v) is 7.88. The molecular formula is C18H23BrN2O3. The minimum Gasteiger partial charge on any atom is -0.480 e. The molecule has 1 amide bonds. The first-order valence-corrected chi connectivity index (χ1v) is 9.24. The molecule has 0 unspecified atom stereocenters. The number of aryl methyl sites for hydroxylation is 1. The number of amides is 1. The number of carboxylic acid groups (broad SMARTS) is 1. The van der Waals surface area contributed by atoms with E-state index in [1.807, 2.05) is 25.1 Å². The van der Waals surface area contributed by atoms with Crippen LogP contribution in [0, 0.1) is 12.8 Å². The minimum atomic E-state index is -0.770. The zero-order valence-corrected chi connectivity index (χ0v) is 15.4. The van der Waals surface area contributed by atoms with Gasteiger partial charge >= 0.3 is 5.97 Å². The molecule has 2 saturated carbocycles. The summed E-state index contributed by atoms with van der Waals surface area (Å²) in [6.07, 6.45) is 4.10. The van der Waals surface area contributed by atoms with Crippen molar-refractivity contribution in [3.63, 3.8) is 0 Å². The van der Waals surface area contributed by atoms with Gasteiger partial charge < -0.3 is 10.4 Å². The van der Waals surface area contributed by atoms with Crippen molar-refractivity contribution in [2.75, 3.05) is 13.1 Å². The SMILES string of the molecule is Cc1cc(C(=O)NC2CC(N(CC(=O)O)CC3CC3)C2)ccc1Br. The monoisotopic (exact) mass is 394 g/mol. The molecule has 0 aliphatic heterocycles. The molecule has 3 rings (SSSR count). The molecular weight excluding hydrogens is 372 g/mol. The van der Waals surface area contributed by atoms with Crippen molar-refractivity contribution >= 4 is 27.8 Å². The van der Waals surface area contributed by atoms with Gasteiger partial charge in [0.05, 0.1) is 6.54 Å². The van der Waals surface area contributed by atoms with Gasteiger partial charge in [0, 0.05) is 28.7 Å². The lowest BCUT2D eigenvalue weighted by Crippen LogP contribution is -2.55. The largest absolute Gasteiger partial charge is 0.480 e. The van der Waals surface area contributed by atoms with Crippen LogP contribution < -0.4 is 5.32 Å². The fraction of sp³-hybridized carbons (Fsp3) is 0.556. The molecule has 2 aliphatic carbocycles. The molecule has 5 nitrogen and oxygen atoms in total. The second kappa shape index (κ2) is 7.23. The Morgan fingerprint density at radius 3 is 2.62 bits per heavy atom. The fourth-order valence-electron chi connectivity index (χ4n) is 3.21. The summed E-state index contributed by atoms with van der Waals surface area (Å²) in [6, 6.07) is 5.99. The summed E-state index contributed by atoms with van der Waals surface area (Å²) >= 11 is 3.44. The van der Waals surface area contributed by atoms with E-state index in [2.05, 4.69) is 26.1 Å². The highest BCUT2D eigenvalue weighted by Gasteiger charge is 2.37. The normalized spacial score (nSPS) is 23.0. The van der Waals surface area contributed by atoms with Crippen LogP contribution in [-0.2, 0) is 4.79 Å².